The zero-order valence-electron chi connectivity index (χ0n) is 24.3. The van der Waals surface area contributed by atoms with E-state index < -0.39 is 11.7 Å². The van der Waals surface area contributed by atoms with E-state index in [4.69, 9.17) is 4.74 Å². The number of hydrogen-bond donors (Lipinski definition) is 1. The molecular weight excluding hydrogens is 541 g/mol. The number of amides is 1. The summed E-state index contributed by atoms with van der Waals surface area (Å²) in [6.45, 7) is 4.74. The van der Waals surface area contributed by atoms with Crippen molar-refractivity contribution >= 4 is 11.9 Å². The summed E-state index contributed by atoms with van der Waals surface area (Å²) in [5.41, 5.74) is 1.79. The first-order valence-electron chi connectivity index (χ1n) is 14.6. The summed E-state index contributed by atoms with van der Waals surface area (Å²) in [6.07, 6.45) is 0.230. The van der Waals surface area contributed by atoms with Gasteiger partial charge in [-0.3, -0.25) is 9.59 Å². The lowest BCUT2D eigenvalue weighted by Gasteiger charge is -2.35. The quantitative estimate of drug-likeness (QED) is 0.243. The first-order valence-corrected chi connectivity index (χ1v) is 14.6. The van der Waals surface area contributed by atoms with Crippen LogP contribution in [0.4, 0.5) is 13.2 Å². The zero-order chi connectivity index (χ0) is 30.2. The number of nitrogens with one attached hydrogen (secondary N) is 1. The van der Waals surface area contributed by atoms with E-state index in [1.165, 1.54) is 19.2 Å². The van der Waals surface area contributed by atoms with Gasteiger partial charge in [-0.15, -0.1) is 0 Å². The Hall–Kier alpha value is -3.65. The van der Waals surface area contributed by atoms with Crippen molar-refractivity contribution in [2.75, 3.05) is 26.7 Å². The molecule has 0 spiro atoms. The Kier molecular flexibility index (Phi) is 10.4. The van der Waals surface area contributed by atoms with Gasteiger partial charge < -0.3 is 15.0 Å². The van der Waals surface area contributed by atoms with Crippen LogP contribution in [0.5, 0.6) is 0 Å². The summed E-state index contributed by atoms with van der Waals surface area (Å²) < 4.78 is 44.0. The summed E-state index contributed by atoms with van der Waals surface area (Å²) in [5, 5.41) is 3.14. The van der Waals surface area contributed by atoms with Crippen LogP contribution in [-0.2, 0) is 21.1 Å². The minimum absolute atomic E-state index is 0.0211. The highest BCUT2D eigenvalue weighted by molar-refractivity contribution is 6.01. The number of carbonyl (C=O) groups is 2. The average molecular weight is 581 g/mol. The normalized spacial score (nSPS) is 16.0. The van der Waals surface area contributed by atoms with Crippen LogP contribution in [0.3, 0.4) is 0 Å². The molecule has 1 aliphatic rings. The molecule has 0 aliphatic carbocycles. The van der Waals surface area contributed by atoms with Crippen molar-refractivity contribution in [2.24, 2.45) is 0 Å². The van der Waals surface area contributed by atoms with E-state index >= 15 is 0 Å². The topological polar surface area (TPSA) is 58.6 Å². The Bertz CT molecular complexity index is 1320. The highest BCUT2D eigenvalue weighted by Crippen LogP contribution is 2.37. The van der Waals surface area contributed by atoms with Crippen LogP contribution < -0.4 is 5.32 Å². The molecule has 1 aliphatic heterocycles. The van der Waals surface area contributed by atoms with E-state index in [-0.39, 0.29) is 23.3 Å². The molecular formula is C34H39F3N2O3. The second-order valence-electron chi connectivity index (χ2n) is 11.1. The molecule has 0 bridgehead atoms. The Morgan fingerprint density at radius 1 is 0.905 bits per heavy atom. The van der Waals surface area contributed by atoms with E-state index in [2.05, 4.69) is 29.3 Å². The number of esters is 1. The molecule has 1 unspecified atom stereocenters. The molecule has 8 heteroatoms. The summed E-state index contributed by atoms with van der Waals surface area (Å²) in [5.74, 6) is -0.417. The average Bonchev–Trinajstić information content (AvgIpc) is 3.01. The maximum atomic E-state index is 13.2. The molecule has 42 heavy (non-hydrogen) atoms. The third kappa shape index (κ3) is 7.79. The van der Waals surface area contributed by atoms with Gasteiger partial charge in [-0.05, 0) is 73.5 Å². The number of methoxy groups -OCH3 is 1. The lowest BCUT2D eigenvalue weighted by atomic mass is 9.72. The van der Waals surface area contributed by atoms with Gasteiger partial charge >= 0.3 is 12.1 Å². The van der Waals surface area contributed by atoms with Crippen molar-refractivity contribution in [3.8, 4) is 11.1 Å². The molecule has 0 radical (unpaired) electrons. The van der Waals surface area contributed by atoms with E-state index in [0.29, 0.717) is 23.1 Å². The van der Waals surface area contributed by atoms with E-state index in [0.717, 1.165) is 69.4 Å². The summed E-state index contributed by atoms with van der Waals surface area (Å²) >= 11 is 0. The molecule has 4 rings (SSSR count). The number of hydrogen-bond acceptors (Lipinski definition) is 4. The number of benzene rings is 3. The molecule has 1 fully saturated rings. The largest absolute Gasteiger partial charge is 0.469 e. The number of rotatable bonds is 11. The van der Waals surface area contributed by atoms with Crippen LogP contribution >= 0.6 is 0 Å². The minimum atomic E-state index is -4.41. The van der Waals surface area contributed by atoms with Crippen LogP contribution in [0, 0.1) is 0 Å². The Morgan fingerprint density at radius 2 is 1.55 bits per heavy atom. The van der Waals surface area contributed by atoms with E-state index in [1.54, 1.807) is 24.3 Å². The standard InChI is InChI=1S/C34H39F3N2O3/c1-3-33(24-31(40)42-2,26-10-5-4-6-11-26)20-9-21-39-22-18-28(19-23-39)38-32(41)30-13-8-7-12-29(30)25-14-16-27(17-15-25)34(35,36)37/h4-8,10-17,28H,3,9,18-24H2,1-2H3,(H,38,41). The van der Waals surface area contributed by atoms with Crippen molar-refractivity contribution in [1.29, 1.82) is 0 Å². The first-order chi connectivity index (χ1) is 20.1. The van der Waals surface area contributed by atoms with Gasteiger partial charge in [-0.25, -0.2) is 0 Å². The first kappa shape index (κ1) is 31.3. The third-order valence-electron chi connectivity index (χ3n) is 8.52. The van der Waals surface area contributed by atoms with Crippen LogP contribution in [0.1, 0.15) is 66.9 Å². The summed E-state index contributed by atoms with van der Waals surface area (Å²) in [7, 11) is 1.43. The van der Waals surface area contributed by atoms with Crippen molar-refractivity contribution in [1.82, 2.24) is 10.2 Å². The van der Waals surface area contributed by atoms with Crippen LogP contribution in [0.15, 0.2) is 78.9 Å². The predicted molar refractivity (Wildman–Crippen MR) is 158 cm³/mol. The highest BCUT2D eigenvalue weighted by Gasteiger charge is 2.34. The third-order valence-corrected chi connectivity index (χ3v) is 8.52. The Morgan fingerprint density at radius 3 is 2.17 bits per heavy atom. The van der Waals surface area contributed by atoms with Gasteiger partial charge in [-0.1, -0.05) is 67.6 Å². The number of carbonyl (C=O) groups excluding carboxylic acids is 2. The second-order valence-corrected chi connectivity index (χ2v) is 11.1. The van der Waals surface area contributed by atoms with Gasteiger partial charge in [0.15, 0.2) is 0 Å². The number of ether oxygens (including phenoxy) is 1. The second kappa shape index (κ2) is 14.0. The lowest BCUT2D eigenvalue weighted by molar-refractivity contribution is -0.142. The van der Waals surface area contributed by atoms with Gasteiger partial charge in [0, 0.05) is 30.1 Å². The molecule has 1 atom stereocenters. The number of piperidine rings is 1. The fraction of sp³-hybridized carbons (Fsp3) is 0.412. The number of alkyl halides is 3. The van der Waals surface area contributed by atoms with Gasteiger partial charge in [0.1, 0.15) is 0 Å². The maximum Gasteiger partial charge on any atom is 0.416 e. The fourth-order valence-electron chi connectivity index (χ4n) is 5.96. The number of likely N-dealkylation sites (tertiary alicyclic amines) is 1. The maximum absolute atomic E-state index is 13.2. The van der Waals surface area contributed by atoms with Gasteiger partial charge in [0.05, 0.1) is 19.1 Å². The minimum Gasteiger partial charge on any atom is -0.469 e. The molecule has 224 valence electrons. The highest BCUT2D eigenvalue weighted by atomic mass is 19.4. The summed E-state index contributed by atoms with van der Waals surface area (Å²) in [6, 6.07) is 22.1. The Labute approximate surface area is 246 Å². The van der Waals surface area contributed by atoms with Gasteiger partial charge in [-0.2, -0.15) is 13.2 Å². The van der Waals surface area contributed by atoms with Crippen molar-refractivity contribution < 1.29 is 27.5 Å². The summed E-state index contributed by atoms with van der Waals surface area (Å²) in [4.78, 5) is 27.9. The Balaban J connectivity index is 1.32. The fourth-order valence-corrected chi connectivity index (χ4v) is 5.96. The molecule has 1 amide bonds. The van der Waals surface area contributed by atoms with E-state index in [9.17, 15) is 22.8 Å². The van der Waals surface area contributed by atoms with Crippen molar-refractivity contribution in [3.05, 3.63) is 95.6 Å². The van der Waals surface area contributed by atoms with Gasteiger partial charge in [0.25, 0.3) is 5.91 Å². The zero-order valence-corrected chi connectivity index (χ0v) is 24.3. The molecule has 0 aromatic heterocycles. The molecule has 0 saturated carbocycles. The molecule has 1 heterocycles. The molecule has 1 saturated heterocycles. The number of halogens is 3. The molecule has 3 aromatic carbocycles. The monoisotopic (exact) mass is 580 g/mol. The van der Waals surface area contributed by atoms with Crippen LogP contribution in [0.2, 0.25) is 0 Å². The molecule has 3 aromatic rings. The predicted octanol–water partition coefficient (Wildman–Crippen LogP) is 7.26. The smallest absolute Gasteiger partial charge is 0.416 e. The van der Waals surface area contributed by atoms with Crippen molar-refractivity contribution in [2.45, 2.75) is 63.1 Å². The van der Waals surface area contributed by atoms with Crippen LogP contribution in [0.25, 0.3) is 11.1 Å². The lowest BCUT2D eigenvalue weighted by Crippen LogP contribution is -2.45. The molecule has 1 N–H and O–H groups in total. The van der Waals surface area contributed by atoms with Crippen LogP contribution in [-0.4, -0.2) is 49.6 Å². The van der Waals surface area contributed by atoms with Crippen molar-refractivity contribution in [3.63, 3.8) is 0 Å². The molecule has 5 nitrogen and oxygen atoms in total. The SMILES string of the molecule is CCC(CCCN1CCC(NC(=O)c2ccccc2-c2ccc(C(F)(F)F)cc2)CC1)(CC(=O)OC)c1ccccc1. The number of nitrogens with zero attached hydrogens (tertiary/aromatic N) is 1. The van der Waals surface area contributed by atoms with E-state index in [1.807, 2.05) is 18.2 Å². The van der Waals surface area contributed by atoms with Gasteiger partial charge in [0.2, 0.25) is 0 Å².